The molecule has 0 aliphatic rings. The summed E-state index contributed by atoms with van der Waals surface area (Å²) in [5.74, 6) is 0.820. The van der Waals surface area contributed by atoms with E-state index in [4.69, 9.17) is 0 Å². The molecule has 0 bridgehead atoms. The third-order valence-electron chi connectivity index (χ3n) is 3.96. The maximum atomic E-state index is 10.1. The Bertz CT molecular complexity index is 291. The predicted molar refractivity (Wildman–Crippen MR) is 96.5 cm³/mol. The maximum Gasteiger partial charge on any atom is 2.00 e. The first-order valence-corrected chi connectivity index (χ1v) is 11.5. The van der Waals surface area contributed by atoms with Crippen molar-refractivity contribution in [3.05, 3.63) is 0 Å². The summed E-state index contributed by atoms with van der Waals surface area (Å²) in [6.45, 7) is 9.13. The van der Waals surface area contributed by atoms with Crippen molar-refractivity contribution in [3.8, 4) is 0 Å². The molecule has 0 aromatic heterocycles. The van der Waals surface area contributed by atoms with Gasteiger partial charge in [0.05, 0.1) is 13.2 Å². The second kappa shape index (κ2) is 22.8. The normalized spacial score (nSPS) is 15.3. The van der Waals surface area contributed by atoms with Gasteiger partial charge in [0.15, 0.2) is 0 Å². The molecule has 0 aromatic carbocycles. The van der Waals surface area contributed by atoms with Crippen LogP contribution in [0.2, 0.25) is 0 Å². The average molecular weight is 445 g/mol. The molecule has 0 aromatic rings. The van der Waals surface area contributed by atoms with Gasteiger partial charge in [-0.05, 0) is 24.7 Å². The van der Waals surface area contributed by atoms with Crippen LogP contribution in [0, 0.1) is 11.8 Å². The van der Waals surface area contributed by atoms with Crippen LogP contribution < -0.4 is 9.79 Å². The van der Waals surface area contributed by atoms with Crippen LogP contribution in [0.15, 0.2) is 0 Å². The smallest absolute Gasteiger partial charge is 0.781 e. The zero-order chi connectivity index (χ0) is 18.8. The molecule has 0 N–H and O–H groups in total. The molecule has 0 rings (SSSR count). The van der Waals surface area contributed by atoms with E-state index in [-0.39, 0.29) is 16.5 Å². The minimum atomic E-state index is -2.96. The van der Waals surface area contributed by atoms with Gasteiger partial charge in [-0.3, -0.25) is 0 Å². The standard InChI is InChI=1S/2C8H19O3P.Ni/c2*1-3-5-6-8(4-2)7-11-12(9)10;/h2*8,12H,3-7H2,1-2H3,(H,9,10);/q;;+2/p-2. The van der Waals surface area contributed by atoms with E-state index in [2.05, 4.69) is 36.7 Å². The van der Waals surface area contributed by atoms with Crippen molar-refractivity contribution < 1.29 is 44.5 Å². The molecule has 0 aliphatic carbocycles. The van der Waals surface area contributed by atoms with Crippen LogP contribution in [-0.4, -0.2) is 13.2 Å². The van der Waals surface area contributed by atoms with E-state index in [9.17, 15) is 18.9 Å². The molecule has 0 heterocycles. The Hall–Kier alpha value is 0.794. The minimum Gasteiger partial charge on any atom is -0.781 e. The molecule has 0 amide bonds. The van der Waals surface area contributed by atoms with E-state index in [0.717, 1.165) is 51.4 Å². The molecule has 25 heavy (non-hydrogen) atoms. The van der Waals surface area contributed by atoms with Crippen LogP contribution in [0.5, 0.6) is 0 Å². The van der Waals surface area contributed by atoms with Gasteiger partial charge in [0.2, 0.25) is 0 Å². The molecular formula is C16H36NiO6P2. The molecule has 4 unspecified atom stereocenters. The van der Waals surface area contributed by atoms with Crippen LogP contribution in [0.4, 0.5) is 0 Å². The zero-order valence-corrected chi connectivity index (χ0v) is 19.0. The Kier molecular flexibility index (Phi) is 27.9. The molecule has 0 aliphatic heterocycles. The molecule has 0 spiro atoms. The second-order valence-electron chi connectivity index (χ2n) is 5.96. The Morgan fingerprint density at radius 1 is 0.760 bits per heavy atom. The summed E-state index contributed by atoms with van der Waals surface area (Å²) in [6.07, 6.45) is 8.75. The topological polar surface area (TPSA) is 98.7 Å². The van der Waals surface area contributed by atoms with Gasteiger partial charge in [-0.15, -0.1) is 0 Å². The van der Waals surface area contributed by atoms with E-state index in [1.165, 1.54) is 0 Å². The molecule has 0 saturated carbocycles. The largest absolute Gasteiger partial charge is 2.00 e. The number of unbranched alkanes of at least 4 members (excludes halogenated alkanes) is 2. The number of hydrogen-bond acceptors (Lipinski definition) is 6. The Morgan fingerprint density at radius 3 is 1.28 bits per heavy atom. The first-order chi connectivity index (χ1) is 11.4. The zero-order valence-electron chi connectivity index (χ0n) is 16.0. The second-order valence-corrected chi connectivity index (χ2v) is 7.53. The first kappa shape index (κ1) is 30.5. The van der Waals surface area contributed by atoms with Crippen molar-refractivity contribution in [1.82, 2.24) is 0 Å². The van der Waals surface area contributed by atoms with E-state index < -0.39 is 16.5 Å². The third kappa shape index (κ3) is 24.8. The van der Waals surface area contributed by atoms with Gasteiger partial charge in [-0.25, -0.2) is 0 Å². The van der Waals surface area contributed by atoms with Gasteiger partial charge in [0, 0.05) is 0 Å². The molecule has 0 fully saturated rings. The fourth-order valence-electron chi connectivity index (χ4n) is 2.17. The predicted octanol–water partition coefficient (Wildman–Crippen LogP) is 3.94. The maximum absolute atomic E-state index is 10.1. The van der Waals surface area contributed by atoms with E-state index in [1.807, 2.05) is 0 Å². The molecule has 156 valence electrons. The SMILES string of the molecule is CCCCC(CC)CO[PH](=O)[O-].CCCCC(CC)CO[PH](=O)[O-].[Ni+2]. The first-order valence-electron chi connectivity index (χ1n) is 9.08. The van der Waals surface area contributed by atoms with Crippen molar-refractivity contribution in [2.75, 3.05) is 13.2 Å². The summed E-state index contributed by atoms with van der Waals surface area (Å²) >= 11 is 0. The Labute approximate surface area is 165 Å². The summed E-state index contributed by atoms with van der Waals surface area (Å²) in [5.41, 5.74) is 0. The molecule has 0 radical (unpaired) electrons. The number of rotatable bonds is 14. The Balaban J connectivity index is -0.000000372. The van der Waals surface area contributed by atoms with Gasteiger partial charge in [-0.2, -0.15) is 0 Å². The summed E-state index contributed by atoms with van der Waals surface area (Å²) in [7, 11) is -5.93. The minimum absolute atomic E-state index is 0. The van der Waals surface area contributed by atoms with Crippen molar-refractivity contribution in [1.29, 1.82) is 0 Å². The summed E-state index contributed by atoms with van der Waals surface area (Å²) in [6, 6.07) is 0. The van der Waals surface area contributed by atoms with Crippen molar-refractivity contribution >= 4 is 16.5 Å². The van der Waals surface area contributed by atoms with Crippen LogP contribution in [0.1, 0.15) is 79.1 Å². The average Bonchev–Trinajstić information content (AvgIpc) is 2.55. The van der Waals surface area contributed by atoms with Crippen molar-refractivity contribution in [2.24, 2.45) is 11.8 Å². The van der Waals surface area contributed by atoms with Crippen LogP contribution in [0.25, 0.3) is 0 Å². The quantitative estimate of drug-likeness (QED) is 0.297. The molecule has 6 nitrogen and oxygen atoms in total. The monoisotopic (exact) mass is 444 g/mol. The van der Waals surface area contributed by atoms with E-state index in [0.29, 0.717) is 25.0 Å². The summed E-state index contributed by atoms with van der Waals surface area (Å²) < 4.78 is 29.5. The summed E-state index contributed by atoms with van der Waals surface area (Å²) in [5, 5.41) is 0. The molecule has 4 atom stereocenters. The fourth-order valence-corrected chi connectivity index (χ4v) is 2.91. The van der Waals surface area contributed by atoms with Gasteiger partial charge in [-0.1, -0.05) is 66.2 Å². The van der Waals surface area contributed by atoms with Gasteiger partial charge in [0.1, 0.15) is 16.5 Å². The van der Waals surface area contributed by atoms with Crippen molar-refractivity contribution in [3.63, 3.8) is 0 Å². The summed E-state index contributed by atoms with van der Waals surface area (Å²) in [4.78, 5) is 20.3. The van der Waals surface area contributed by atoms with Crippen LogP contribution in [0.3, 0.4) is 0 Å². The number of hydrogen-bond donors (Lipinski definition) is 0. The van der Waals surface area contributed by atoms with Gasteiger partial charge < -0.3 is 28.0 Å². The van der Waals surface area contributed by atoms with Crippen LogP contribution >= 0.6 is 16.5 Å². The van der Waals surface area contributed by atoms with E-state index in [1.54, 1.807) is 0 Å². The van der Waals surface area contributed by atoms with Gasteiger partial charge in [0.25, 0.3) is 0 Å². The molecule has 0 saturated heterocycles. The molecule has 9 heteroatoms. The van der Waals surface area contributed by atoms with Crippen LogP contribution in [-0.2, 0) is 34.7 Å². The van der Waals surface area contributed by atoms with E-state index >= 15 is 0 Å². The fraction of sp³-hybridized carbons (Fsp3) is 1.00. The van der Waals surface area contributed by atoms with Gasteiger partial charge >= 0.3 is 16.5 Å². The van der Waals surface area contributed by atoms with Crippen molar-refractivity contribution in [2.45, 2.75) is 79.1 Å². The molecular weight excluding hydrogens is 409 g/mol. The Morgan fingerprint density at radius 2 is 1.08 bits per heavy atom. The third-order valence-corrected chi connectivity index (χ3v) is 4.77.